The molecule has 1 N–H and O–H groups in total. The minimum atomic E-state index is 0.457. The molecule has 0 radical (unpaired) electrons. The first-order valence-electron chi connectivity index (χ1n) is 7.74. The van der Waals surface area contributed by atoms with Crippen LogP contribution >= 0.6 is 0 Å². The number of nitrogens with zero attached hydrogens (tertiary/aromatic N) is 1. The lowest BCUT2D eigenvalue weighted by Gasteiger charge is -2.23. The molecule has 1 aliphatic heterocycles. The lowest BCUT2D eigenvalue weighted by Crippen LogP contribution is -2.32. The van der Waals surface area contributed by atoms with E-state index < -0.39 is 0 Å². The standard InChI is InChI=1S/C17H28N2/c1-4-19-12-5-6-17(11-13-19)18-15(3)16-9-7-14(2)8-10-16/h7-10,15,17-18H,4-6,11-13H2,1-3H3/t15-,17?/m0/s1. The zero-order valence-corrected chi connectivity index (χ0v) is 12.7. The van der Waals surface area contributed by atoms with Crippen LogP contribution in [0.4, 0.5) is 0 Å². The Kier molecular flexibility index (Phi) is 5.41. The number of likely N-dealkylation sites (tertiary alicyclic amines) is 1. The molecule has 1 saturated heterocycles. The highest BCUT2D eigenvalue weighted by atomic mass is 15.1. The van der Waals surface area contributed by atoms with E-state index in [1.807, 2.05) is 0 Å². The average Bonchev–Trinajstić information content (AvgIpc) is 2.64. The smallest absolute Gasteiger partial charge is 0.0294 e. The van der Waals surface area contributed by atoms with Gasteiger partial charge in [0.25, 0.3) is 0 Å². The summed E-state index contributed by atoms with van der Waals surface area (Å²) in [6.07, 6.45) is 3.92. The molecule has 0 aromatic heterocycles. The van der Waals surface area contributed by atoms with Crippen LogP contribution in [0.2, 0.25) is 0 Å². The van der Waals surface area contributed by atoms with Crippen LogP contribution in [0, 0.1) is 6.92 Å². The van der Waals surface area contributed by atoms with Crippen LogP contribution in [0.15, 0.2) is 24.3 Å². The Morgan fingerprint density at radius 1 is 1.21 bits per heavy atom. The molecule has 1 aliphatic rings. The lowest BCUT2D eigenvalue weighted by molar-refractivity contribution is 0.295. The summed E-state index contributed by atoms with van der Waals surface area (Å²) in [4.78, 5) is 2.57. The third kappa shape index (κ3) is 4.32. The van der Waals surface area contributed by atoms with Gasteiger partial charge in [0.05, 0.1) is 0 Å². The van der Waals surface area contributed by atoms with Crippen molar-refractivity contribution in [2.75, 3.05) is 19.6 Å². The molecule has 1 fully saturated rings. The molecule has 0 amide bonds. The molecule has 0 spiro atoms. The molecule has 106 valence electrons. The zero-order valence-electron chi connectivity index (χ0n) is 12.7. The Morgan fingerprint density at radius 3 is 2.63 bits per heavy atom. The summed E-state index contributed by atoms with van der Waals surface area (Å²) in [5.74, 6) is 0. The Bertz CT molecular complexity index is 371. The molecule has 2 nitrogen and oxygen atoms in total. The first-order valence-corrected chi connectivity index (χ1v) is 7.74. The summed E-state index contributed by atoms with van der Waals surface area (Å²) in [6.45, 7) is 10.4. The van der Waals surface area contributed by atoms with Gasteiger partial charge in [0, 0.05) is 12.1 Å². The summed E-state index contributed by atoms with van der Waals surface area (Å²) in [5.41, 5.74) is 2.74. The van der Waals surface area contributed by atoms with Gasteiger partial charge in [-0.2, -0.15) is 0 Å². The maximum absolute atomic E-state index is 3.81. The molecule has 1 heterocycles. The molecular weight excluding hydrogens is 232 g/mol. The van der Waals surface area contributed by atoms with Gasteiger partial charge in [0.2, 0.25) is 0 Å². The Labute approximate surface area is 118 Å². The van der Waals surface area contributed by atoms with Crippen molar-refractivity contribution in [3.8, 4) is 0 Å². The van der Waals surface area contributed by atoms with Crippen molar-refractivity contribution < 1.29 is 0 Å². The first-order chi connectivity index (χ1) is 9.19. The number of hydrogen-bond acceptors (Lipinski definition) is 2. The van der Waals surface area contributed by atoms with Gasteiger partial charge in [-0.25, -0.2) is 0 Å². The quantitative estimate of drug-likeness (QED) is 0.891. The molecule has 19 heavy (non-hydrogen) atoms. The zero-order chi connectivity index (χ0) is 13.7. The van der Waals surface area contributed by atoms with Crippen LogP contribution < -0.4 is 5.32 Å². The predicted octanol–water partition coefficient (Wildman–Crippen LogP) is 3.52. The molecule has 2 heteroatoms. The maximum Gasteiger partial charge on any atom is 0.0294 e. The second-order valence-electron chi connectivity index (χ2n) is 5.86. The summed E-state index contributed by atoms with van der Waals surface area (Å²) < 4.78 is 0. The normalized spacial score (nSPS) is 23.0. The fourth-order valence-corrected chi connectivity index (χ4v) is 2.94. The molecule has 1 unspecified atom stereocenters. The summed E-state index contributed by atoms with van der Waals surface area (Å²) in [7, 11) is 0. The predicted molar refractivity (Wildman–Crippen MR) is 82.5 cm³/mol. The van der Waals surface area contributed by atoms with E-state index in [1.165, 1.54) is 50.0 Å². The van der Waals surface area contributed by atoms with Crippen molar-refractivity contribution in [3.63, 3.8) is 0 Å². The van der Waals surface area contributed by atoms with Crippen molar-refractivity contribution in [2.24, 2.45) is 0 Å². The van der Waals surface area contributed by atoms with Gasteiger partial charge in [-0.05, 0) is 58.3 Å². The van der Waals surface area contributed by atoms with Crippen LogP contribution in [-0.4, -0.2) is 30.6 Å². The summed E-state index contributed by atoms with van der Waals surface area (Å²) in [6, 6.07) is 10.1. The minimum Gasteiger partial charge on any atom is -0.307 e. The van der Waals surface area contributed by atoms with E-state index in [9.17, 15) is 0 Å². The van der Waals surface area contributed by atoms with Gasteiger partial charge < -0.3 is 10.2 Å². The second kappa shape index (κ2) is 7.06. The van der Waals surface area contributed by atoms with Crippen LogP contribution in [-0.2, 0) is 0 Å². The molecule has 1 aromatic rings. The molecule has 0 aliphatic carbocycles. The van der Waals surface area contributed by atoms with Crippen molar-refractivity contribution in [1.29, 1.82) is 0 Å². The highest BCUT2D eigenvalue weighted by molar-refractivity contribution is 5.23. The topological polar surface area (TPSA) is 15.3 Å². The van der Waals surface area contributed by atoms with Crippen molar-refractivity contribution in [3.05, 3.63) is 35.4 Å². The van der Waals surface area contributed by atoms with Gasteiger partial charge in [0.1, 0.15) is 0 Å². The van der Waals surface area contributed by atoms with E-state index in [0.717, 1.165) is 0 Å². The molecule has 1 aromatic carbocycles. The van der Waals surface area contributed by atoms with Crippen molar-refractivity contribution >= 4 is 0 Å². The Hall–Kier alpha value is -0.860. The van der Waals surface area contributed by atoms with Gasteiger partial charge in [-0.3, -0.25) is 0 Å². The average molecular weight is 260 g/mol. The van der Waals surface area contributed by atoms with E-state index >= 15 is 0 Å². The molecule has 0 saturated carbocycles. The van der Waals surface area contributed by atoms with Gasteiger partial charge in [-0.15, -0.1) is 0 Å². The Morgan fingerprint density at radius 2 is 1.95 bits per heavy atom. The number of nitrogens with one attached hydrogen (secondary N) is 1. The fraction of sp³-hybridized carbons (Fsp3) is 0.647. The van der Waals surface area contributed by atoms with Crippen LogP contribution in [0.3, 0.4) is 0 Å². The van der Waals surface area contributed by atoms with Crippen LogP contribution in [0.1, 0.15) is 50.3 Å². The van der Waals surface area contributed by atoms with Crippen LogP contribution in [0.5, 0.6) is 0 Å². The van der Waals surface area contributed by atoms with Crippen molar-refractivity contribution in [2.45, 2.75) is 52.1 Å². The van der Waals surface area contributed by atoms with Gasteiger partial charge in [-0.1, -0.05) is 36.8 Å². The minimum absolute atomic E-state index is 0.457. The van der Waals surface area contributed by atoms with E-state index in [1.54, 1.807) is 0 Å². The third-order valence-corrected chi connectivity index (χ3v) is 4.33. The molecular formula is C17H28N2. The Balaban J connectivity index is 1.88. The molecule has 0 bridgehead atoms. The number of hydrogen-bond donors (Lipinski definition) is 1. The van der Waals surface area contributed by atoms with Gasteiger partial charge >= 0.3 is 0 Å². The maximum atomic E-state index is 3.81. The highest BCUT2D eigenvalue weighted by Crippen LogP contribution is 2.18. The second-order valence-corrected chi connectivity index (χ2v) is 5.86. The number of benzene rings is 1. The summed E-state index contributed by atoms with van der Waals surface area (Å²) >= 11 is 0. The fourth-order valence-electron chi connectivity index (χ4n) is 2.94. The lowest BCUT2D eigenvalue weighted by atomic mass is 10.0. The molecule has 2 rings (SSSR count). The first kappa shape index (κ1) is 14.5. The monoisotopic (exact) mass is 260 g/mol. The summed E-state index contributed by atoms with van der Waals surface area (Å²) in [5, 5.41) is 3.81. The van der Waals surface area contributed by atoms with E-state index in [4.69, 9.17) is 0 Å². The van der Waals surface area contributed by atoms with Gasteiger partial charge in [0.15, 0.2) is 0 Å². The SMILES string of the molecule is CCN1CCCC(N[C@@H](C)c2ccc(C)cc2)CC1. The van der Waals surface area contributed by atoms with E-state index in [2.05, 4.69) is 55.3 Å². The third-order valence-electron chi connectivity index (χ3n) is 4.33. The van der Waals surface area contributed by atoms with E-state index in [-0.39, 0.29) is 0 Å². The largest absolute Gasteiger partial charge is 0.307 e. The van der Waals surface area contributed by atoms with E-state index in [0.29, 0.717) is 12.1 Å². The molecule has 2 atom stereocenters. The number of rotatable bonds is 4. The van der Waals surface area contributed by atoms with Crippen molar-refractivity contribution in [1.82, 2.24) is 10.2 Å². The number of aryl methyl sites for hydroxylation is 1. The highest BCUT2D eigenvalue weighted by Gasteiger charge is 2.17. The van der Waals surface area contributed by atoms with Crippen LogP contribution in [0.25, 0.3) is 0 Å².